The highest BCUT2D eigenvalue weighted by Gasteiger charge is 2.28. The van der Waals surface area contributed by atoms with Gasteiger partial charge in [-0.05, 0) is 13.8 Å². The molecule has 0 bridgehead atoms. The van der Waals surface area contributed by atoms with E-state index in [1.54, 1.807) is 11.9 Å². The molecule has 0 fully saturated rings. The zero-order valence-electron chi connectivity index (χ0n) is 9.66. The summed E-state index contributed by atoms with van der Waals surface area (Å²) in [7, 11) is 0. The van der Waals surface area contributed by atoms with Gasteiger partial charge in [-0.2, -0.15) is 4.98 Å². The van der Waals surface area contributed by atoms with Gasteiger partial charge in [0.15, 0.2) is 11.6 Å². The first-order valence-corrected chi connectivity index (χ1v) is 5.42. The molecule has 1 atom stereocenters. The van der Waals surface area contributed by atoms with Crippen molar-refractivity contribution in [3.8, 4) is 11.7 Å². The second kappa shape index (κ2) is 3.60. The number of fused-ring (bicyclic) bond motifs is 1. The summed E-state index contributed by atoms with van der Waals surface area (Å²) in [4.78, 5) is 4.16. The lowest BCUT2D eigenvalue weighted by molar-refractivity contribution is 0.168. The number of hydrazine groups is 1. The van der Waals surface area contributed by atoms with E-state index in [1.165, 1.54) is 0 Å². The second-order valence-electron chi connectivity index (χ2n) is 4.09. The van der Waals surface area contributed by atoms with Gasteiger partial charge in [-0.3, -0.25) is 5.84 Å². The van der Waals surface area contributed by atoms with E-state index in [-0.39, 0.29) is 6.04 Å². The lowest BCUT2D eigenvalue weighted by Gasteiger charge is -2.29. The molecule has 0 saturated heterocycles. The first-order chi connectivity index (χ1) is 8.16. The molecule has 0 amide bonds. The topological polar surface area (TPSA) is 98.9 Å². The van der Waals surface area contributed by atoms with Crippen molar-refractivity contribution in [2.75, 3.05) is 6.54 Å². The molecule has 1 aliphatic heterocycles. The maximum Gasteiger partial charge on any atom is 0.295 e. The van der Waals surface area contributed by atoms with Crippen molar-refractivity contribution >= 4 is 0 Å². The van der Waals surface area contributed by atoms with Crippen LogP contribution in [0, 0.1) is 6.92 Å². The monoisotopic (exact) mass is 235 g/mol. The van der Waals surface area contributed by atoms with E-state index in [1.807, 2.05) is 11.5 Å². The molecule has 0 aliphatic carbocycles. The summed E-state index contributed by atoms with van der Waals surface area (Å²) in [6, 6.07) is 0.0361. The maximum absolute atomic E-state index is 5.85. The fourth-order valence-electron chi connectivity index (χ4n) is 1.95. The van der Waals surface area contributed by atoms with Crippen molar-refractivity contribution in [1.29, 1.82) is 0 Å². The zero-order chi connectivity index (χ0) is 12.0. The van der Waals surface area contributed by atoms with Gasteiger partial charge in [0.05, 0.1) is 6.04 Å². The van der Waals surface area contributed by atoms with Crippen molar-refractivity contribution in [3.63, 3.8) is 0 Å². The van der Waals surface area contributed by atoms with Crippen LogP contribution in [0.2, 0.25) is 0 Å². The number of aryl methyl sites for hydroxylation is 1. The van der Waals surface area contributed by atoms with Crippen molar-refractivity contribution in [1.82, 2.24) is 29.9 Å². The summed E-state index contributed by atoms with van der Waals surface area (Å²) in [6.45, 7) is 5.22. The van der Waals surface area contributed by atoms with Crippen LogP contribution in [0.25, 0.3) is 11.7 Å². The Kier molecular flexibility index (Phi) is 2.20. The van der Waals surface area contributed by atoms with E-state index < -0.39 is 0 Å². The molecule has 2 aromatic rings. The number of nitrogens with two attached hydrogens (primary N) is 1. The molecule has 0 aromatic carbocycles. The molecule has 1 aliphatic rings. The first kappa shape index (κ1) is 10.4. The Morgan fingerprint density at radius 2 is 2.18 bits per heavy atom. The standard InChI is InChI=1S/C9H13N7O/c1-5-7-12-13-8(9-11-6(2)14-17-9)15(7)3-4-16(5)10/h5H,3-4,10H2,1-2H3/t5-/m1/s1. The number of nitrogens with zero attached hydrogens (tertiary/aromatic N) is 6. The third-order valence-electron chi connectivity index (χ3n) is 2.95. The average Bonchev–Trinajstić information content (AvgIpc) is 2.89. The van der Waals surface area contributed by atoms with Crippen LogP contribution >= 0.6 is 0 Å². The van der Waals surface area contributed by atoms with Crippen LogP contribution in [0.4, 0.5) is 0 Å². The molecule has 3 heterocycles. The van der Waals surface area contributed by atoms with Gasteiger partial charge in [0, 0.05) is 13.1 Å². The molecule has 0 radical (unpaired) electrons. The number of aromatic nitrogens is 5. The molecule has 0 saturated carbocycles. The molecule has 0 unspecified atom stereocenters. The third kappa shape index (κ3) is 1.53. The quantitative estimate of drug-likeness (QED) is 0.688. The lowest BCUT2D eigenvalue weighted by atomic mass is 10.2. The molecule has 0 spiro atoms. The SMILES string of the molecule is Cc1noc(-c2nnc3n2CCN(N)[C@@H]3C)n1. The highest BCUT2D eigenvalue weighted by molar-refractivity contribution is 5.40. The van der Waals surface area contributed by atoms with Crippen molar-refractivity contribution in [2.45, 2.75) is 26.4 Å². The smallest absolute Gasteiger partial charge is 0.295 e. The van der Waals surface area contributed by atoms with Crippen LogP contribution < -0.4 is 5.84 Å². The van der Waals surface area contributed by atoms with Crippen molar-refractivity contribution < 1.29 is 4.52 Å². The van der Waals surface area contributed by atoms with E-state index in [0.29, 0.717) is 17.5 Å². The van der Waals surface area contributed by atoms with E-state index in [4.69, 9.17) is 10.4 Å². The Morgan fingerprint density at radius 3 is 2.88 bits per heavy atom. The van der Waals surface area contributed by atoms with Gasteiger partial charge < -0.3 is 9.09 Å². The zero-order valence-corrected chi connectivity index (χ0v) is 9.66. The minimum absolute atomic E-state index is 0.0361. The molecule has 2 N–H and O–H groups in total. The van der Waals surface area contributed by atoms with Crippen LogP contribution in [0.5, 0.6) is 0 Å². The highest BCUT2D eigenvalue weighted by atomic mass is 16.5. The second-order valence-corrected chi connectivity index (χ2v) is 4.09. The highest BCUT2D eigenvalue weighted by Crippen LogP contribution is 2.25. The Labute approximate surface area is 97.4 Å². The predicted octanol–water partition coefficient (Wildman–Crippen LogP) is -0.113. The Balaban J connectivity index is 2.07. The lowest BCUT2D eigenvalue weighted by Crippen LogP contribution is -2.41. The fraction of sp³-hybridized carbons (Fsp3) is 0.556. The summed E-state index contributed by atoms with van der Waals surface area (Å²) in [5.74, 6) is 8.27. The van der Waals surface area contributed by atoms with Crippen molar-refractivity contribution in [2.24, 2.45) is 5.84 Å². The Bertz CT molecular complexity index is 545. The van der Waals surface area contributed by atoms with Crippen LogP contribution in [0.15, 0.2) is 4.52 Å². The van der Waals surface area contributed by atoms with Crippen LogP contribution in [0.1, 0.15) is 24.6 Å². The summed E-state index contributed by atoms with van der Waals surface area (Å²) < 4.78 is 7.08. The minimum Gasteiger partial charge on any atom is -0.330 e. The molecule has 17 heavy (non-hydrogen) atoms. The third-order valence-corrected chi connectivity index (χ3v) is 2.95. The minimum atomic E-state index is 0.0361. The van der Waals surface area contributed by atoms with Gasteiger partial charge in [0.1, 0.15) is 0 Å². The maximum atomic E-state index is 5.85. The van der Waals surface area contributed by atoms with Gasteiger partial charge in [-0.25, -0.2) is 5.01 Å². The normalized spacial score (nSPS) is 20.5. The van der Waals surface area contributed by atoms with Gasteiger partial charge >= 0.3 is 0 Å². The van der Waals surface area contributed by atoms with E-state index in [0.717, 1.165) is 18.9 Å². The average molecular weight is 235 g/mol. The van der Waals surface area contributed by atoms with Gasteiger partial charge in [0.25, 0.3) is 5.89 Å². The fourth-order valence-corrected chi connectivity index (χ4v) is 1.95. The van der Waals surface area contributed by atoms with E-state index >= 15 is 0 Å². The molecule has 2 aromatic heterocycles. The molecular formula is C9H13N7O. The van der Waals surface area contributed by atoms with Crippen LogP contribution in [-0.4, -0.2) is 36.5 Å². The van der Waals surface area contributed by atoms with Gasteiger partial charge in [-0.1, -0.05) is 5.16 Å². The van der Waals surface area contributed by atoms with Crippen molar-refractivity contribution in [3.05, 3.63) is 11.6 Å². The van der Waals surface area contributed by atoms with Crippen LogP contribution in [-0.2, 0) is 6.54 Å². The summed E-state index contributed by atoms with van der Waals surface area (Å²) in [6.07, 6.45) is 0. The Hall–Kier alpha value is -1.80. The summed E-state index contributed by atoms with van der Waals surface area (Å²) in [5.41, 5.74) is 0. The van der Waals surface area contributed by atoms with Crippen LogP contribution in [0.3, 0.4) is 0 Å². The molecule has 90 valence electrons. The van der Waals surface area contributed by atoms with Gasteiger partial charge in [-0.15, -0.1) is 10.2 Å². The Morgan fingerprint density at radius 1 is 1.35 bits per heavy atom. The van der Waals surface area contributed by atoms with E-state index in [9.17, 15) is 0 Å². The molecule has 8 nitrogen and oxygen atoms in total. The molecule has 3 rings (SSSR count). The molecular weight excluding hydrogens is 222 g/mol. The molecule has 8 heteroatoms. The number of rotatable bonds is 1. The number of hydrogen-bond donors (Lipinski definition) is 1. The van der Waals surface area contributed by atoms with Gasteiger partial charge in [0.2, 0.25) is 5.82 Å². The largest absolute Gasteiger partial charge is 0.330 e. The number of hydrogen-bond acceptors (Lipinski definition) is 7. The van der Waals surface area contributed by atoms with E-state index in [2.05, 4.69) is 20.3 Å². The first-order valence-electron chi connectivity index (χ1n) is 5.42. The summed E-state index contributed by atoms with van der Waals surface area (Å²) >= 11 is 0. The summed E-state index contributed by atoms with van der Waals surface area (Å²) in [5, 5.41) is 13.7. The predicted molar refractivity (Wildman–Crippen MR) is 57.4 cm³/mol.